The van der Waals surface area contributed by atoms with Gasteiger partial charge in [0.05, 0.1) is 18.1 Å². The number of fused-ring (bicyclic) bond motifs is 5. The van der Waals surface area contributed by atoms with Gasteiger partial charge in [-0.15, -0.1) is 0 Å². The predicted octanol–water partition coefficient (Wildman–Crippen LogP) is 4.95. The molecule has 26 heavy (non-hydrogen) atoms. The summed E-state index contributed by atoms with van der Waals surface area (Å²) in [6, 6.07) is 19.5. The first-order valence-electron chi connectivity index (χ1n) is 8.53. The van der Waals surface area contributed by atoms with Gasteiger partial charge in [-0.1, -0.05) is 24.3 Å². The third-order valence-corrected chi connectivity index (χ3v) is 7.01. The molecule has 1 unspecified atom stereocenters. The minimum atomic E-state index is -3.22. The van der Waals surface area contributed by atoms with Crippen molar-refractivity contribution in [2.75, 3.05) is 7.11 Å². The monoisotopic (exact) mass is 367 g/mol. The molecule has 2 aromatic carbocycles. The van der Waals surface area contributed by atoms with Crippen molar-refractivity contribution in [2.24, 2.45) is 0 Å². The summed E-state index contributed by atoms with van der Waals surface area (Å²) >= 11 is 0. The van der Waals surface area contributed by atoms with Crippen molar-refractivity contribution in [3.63, 3.8) is 0 Å². The first-order valence-corrected chi connectivity index (χ1v) is 10.1. The molecule has 4 rings (SSSR count). The standard InChI is InChI=1S/C21H21NO3S/c1-14(2)26(23,24)21-11-8-15-12-17(25-3)9-10-18(15)20-13-16-6-4-5-7-19(16)22(20)21/h4-14H,1-3H3,(H,23,24). The van der Waals surface area contributed by atoms with Gasteiger partial charge in [-0.25, -0.2) is 4.21 Å². The van der Waals surface area contributed by atoms with E-state index in [-0.39, 0.29) is 0 Å². The van der Waals surface area contributed by atoms with Gasteiger partial charge < -0.3 is 13.7 Å². The summed E-state index contributed by atoms with van der Waals surface area (Å²) in [5, 5.41) is 2.61. The molecule has 0 fully saturated rings. The lowest BCUT2D eigenvalue weighted by molar-refractivity contribution is 0.415. The summed E-state index contributed by atoms with van der Waals surface area (Å²) in [4.78, 5) is 0. The van der Waals surface area contributed by atoms with E-state index in [1.807, 2.05) is 52.9 Å². The number of methoxy groups -OCH3 is 1. The van der Waals surface area contributed by atoms with Crippen molar-refractivity contribution < 1.29 is 13.5 Å². The summed E-state index contributed by atoms with van der Waals surface area (Å²) < 4.78 is 31.7. The lowest BCUT2D eigenvalue weighted by atomic mass is 10.1. The van der Waals surface area contributed by atoms with Gasteiger partial charge in [0.1, 0.15) is 20.2 Å². The number of hydrogen-bond donors (Lipinski definition) is 1. The highest BCUT2D eigenvalue weighted by Gasteiger charge is 2.14. The summed E-state index contributed by atoms with van der Waals surface area (Å²) in [5.41, 5.74) is 1.83. The van der Waals surface area contributed by atoms with E-state index in [2.05, 4.69) is 6.07 Å². The molecule has 4 aromatic rings. The van der Waals surface area contributed by atoms with E-state index in [1.165, 1.54) is 0 Å². The Kier molecular flexibility index (Phi) is 3.93. The van der Waals surface area contributed by atoms with Crippen molar-refractivity contribution in [3.8, 4) is 5.75 Å². The van der Waals surface area contributed by atoms with E-state index in [1.54, 1.807) is 27.0 Å². The van der Waals surface area contributed by atoms with Gasteiger partial charge in [0.15, 0.2) is 0 Å². The number of rotatable bonds is 2. The zero-order chi connectivity index (χ0) is 18.5. The van der Waals surface area contributed by atoms with Gasteiger partial charge in [-0.3, -0.25) is 0 Å². The van der Waals surface area contributed by atoms with Crippen molar-refractivity contribution in [2.45, 2.75) is 19.1 Å². The van der Waals surface area contributed by atoms with Gasteiger partial charge in [0.25, 0.3) is 0 Å². The number of hydrogen-bond acceptors (Lipinski definition) is 2. The fraction of sp³-hybridized carbons (Fsp3) is 0.190. The highest BCUT2D eigenvalue weighted by molar-refractivity contribution is 7.90. The van der Waals surface area contributed by atoms with Gasteiger partial charge >= 0.3 is 0 Å². The zero-order valence-corrected chi connectivity index (χ0v) is 15.8. The molecule has 0 saturated carbocycles. The summed E-state index contributed by atoms with van der Waals surface area (Å²) in [7, 11) is -1.58. The molecule has 5 heteroatoms. The van der Waals surface area contributed by atoms with Crippen molar-refractivity contribution >= 4 is 37.0 Å². The van der Waals surface area contributed by atoms with Crippen LogP contribution in [0.1, 0.15) is 13.8 Å². The fourth-order valence-corrected chi connectivity index (χ4v) is 4.54. The number of benzene rings is 2. The molecular formula is C21H21NO3S. The Morgan fingerprint density at radius 1 is 0.962 bits per heavy atom. The van der Waals surface area contributed by atoms with Crippen LogP contribution in [0.3, 0.4) is 0 Å². The van der Waals surface area contributed by atoms with Crippen LogP contribution in [0.4, 0.5) is 0 Å². The second kappa shape index (κ2) is 6.04. The van der Waals surface area contributed by atoms with E-state index in [9.17, 15) is 8.76 Å². The zero-order valence-electron chi connectivity index (χ0n) is 15.0. The van der Waals surface area contributed by atoms with E-state index < -0.39 is 15.1 Å². The Hall–Kier alpha value is -2.50. The maximum Gasteiger partial charge on any atom is 0.125 e. The average Bonchev–Trinajstić information content (AvgIpc) is 2.92. The second-order valence-electron chi connectivity index (χ2n) is 6.67. The number of aromatic nitrogens is 1. The Labute approximate surface area is 152 Å². The van der Waals surface area contributed by atoms with E-state index in [4.69, 9.17) is 4.74 Å². The molecule has 0 aliphatic carbocycles. The normalized spacial score (nSPS) is 14.2. The molecule has 0 radical (unpaired) electrons. The number of ether oxygens (including phenoxy) is 1. The molecule has 0 amide bonds. The lowest BCUT2D eigenvalue weighted by Gasteiger charge is -2.08. The molecule has 0 spiro atoms. The van der Waals surface area contributed by atoms with Crippen LogP contribution in [0.2, 0.25) is 0 Å². The lowest BCUT2D eigenvalue weighted by Crippen LogP contribution is -2.14. The Morgan fingerprint density at radius 3 is 2.46 bits per heavy atom. The minimum absolute atomic E-state index is 0.396. The molecule has 1 N–H and O–H groups in total. The third kappa shape index (κ3) is 2.47. The van der Waals surface area contributed by atoms with Crippen LogP contribution in [0.25, 0.3) is 27.2 Å². The van der Waals surface area contributed by atoms with E-state index in [0.717, 1.165) is 32.9 Å². The Morgan fingerprint density at radius 2 is 1.73 bits per heavy atom. The number of para-hydroxylation sites is 1. The van der Waals surface area contributed by atoms with E-state index in [0.29, 0.717) is 4.64 Å². The van der Waals surface area contributed by atoms with Crippen LogP contribution >= 0.6 is 0 Å². The Balaban J connectivity index is 2.41. The topological polar surface area (TPSA) is 50.9 Å². The van der Waals surface area contributed by atoms with Gasteiger partial charge in [-0.05, 0) is 55.6 Å². The molecule has 0 saturated heterocycles. The van der Waals surface area contributed by atoms with E-state index >= 15 is 0 Å². The van der Waals surface area contributed by atoms with Gasteiger partial charge in [0, 0.05) is 16.0 Å². The summed E-state index contributed by atoms with van der Waals surface area (Å²) in [5.74, 6) is 0.758. The highest BCUT2D eigenvalue weighted by atomic mass is 32.2. The van der Waals surface area contributed by atoms with Crippen molar-refractivity contribution in [1.29, 1.82) is 0 Å². The van der Waals surface area contributed by atoms with Crippen molar-refractivity contribution in [1.82, 2.24) is 4.40 Å². The molecule has 2 heterocycles. The molecule has 4 nitrogen and oxygen atoms in total. The SMILES string of the molecule is COc1ccc2c(ccc(=S(=O)(O)C(C)C)n3c4ccccc4cc23)c1. The molecule has 2 aromatic heterocycles. The van der Waals surface area contributed by atoms with Crippen LogP contribution in [-0.4, -0.2) is 25.5 Å². The minimum Gasteiger partial charge on any atom is -0.497 e. The maximum atomic E-state index is 13.2. The molecule has 0 bridgehead atoms. The van der Waals surface area contributed by atoms with Crippen LogP contribution < -0.4 is 4.74 Å². The Bertz CT molecular complexity index is 1310. The largest absolute Gasteiger partial charge is 0.497 e. The molecular weight excluding hydrogens is 346 g/mol. The summed E-state index contributed by atoms with van der Waals surface area (Å²) in [6.45, 7) is 3.55. The van der Waals surface area contributed by atoms with Crippen LogP contribution in [0.5, 0.6) is 5.75 Å². The fourth-order valence-electron chi connectivity index (χ4n) is 3.33. The molecule has 134 valence electrons. The highest BCUT2D eigenvalue weighted by Crippen LogP contribution is 2.29. The second-order valence-corrected chi connectivity index (χ2v) is 9.16. The quantitative estimate of drug-likeness (QED) is 0.510. The third-order valence-electron chi connectivity index (χ3n) is 4.81. The van der Waals surface area contributed by atoms with Gasteiger partial charge in [0.2, 0.25) is 0 Å². The van der Waals surface area contributed by atoms with Gasteiger partial charge in [-0.2, -0.15) is 0 Å². The smallest absolute Gasteiger partial charge is 0.125 e. The molecule has 0 aliphatic heterocycles. The van der Waals surface area contributed by atoms with Crippen LogP contribution in [0.15, 0.2) is 60.7 Å². The molecule has 1 atom stereocenters. The van der Waals surface area contributed by atoms with Crippen LogP contribution in [0, 0.1) is 4.64 Å². The average molecular weight is 367 g/mol. The van der Waals surface area contributed by atoms with Crippen molar-refractivity contribution in [3.05, 3.63) is 65.3 Å². The number of nitrogens with zero attached hydrogens (tertiary/aromatic N) is 1. The van der Waals surface area contributed by atoms with Crippen LogP contribution in [-0.2, 0) is 9.80 Å². The first-order chi connectivity index (χ1) is 12.4. The molecule has 0 aliphatic rings. The predicted molar refractivity (Wildman–Crippen MR) is 108 cm³/mol. The summed E-state index contributed by atoms with van der Waals surface area (Å²) in [6.07, 6.45) is 0. The maximum absolute atomic E-state index is 13.2. The first kappa shape index (κ1) is 16.9.